The molecule has 0 heterocycles. The van der Waals surface area contributed by atoms with Crippen LogP contribution in [0.2, 0.25) is 0 Å². The van der Waals surface area contributed by atoms with E-state index < -0.39 is 34.1 Å². The van der Waals surface area contributed by atoms with Crippen molar-refractivity contribution in [2.75, 3.05) is 103 Å². The molecule has 0 atom stereocenters. The smallest absolute Gasteiger partial charge is 0.348 e. The Morgan fingerprint density at radius 3 is 1.69 bits per heavy atom. The standard InChI is InChI=1S/C15H21FN4O4.C15H22FN3O2/c1-6-12(21)17-14-10(19(4)8-7-18(2)3)9-11(24-5)15(13(14)16)20(22)23;1-6-14(20)17-15-12(16)9-11(21-5)10-13(15)19(4)8-7-18(2)3/h6,9H,1,7-8H2,2-5H3,(H,17,21);6,9-10H,1,7-8H2,2-5H3,(H,17,20). The van der Waals surface area contributed by atoms with Gasteiger partial charge in [-0.15, -0.1) is 0 Å². The molecule has 2 aromatic rings. The Hall–Kier alpha value is -4.76. The van der Waals surface area contributed by atoms with Gasteiger partial charge < -0.3 is 39.7 Å². The van der Waals surface area contributed by atoms with Gasteiger partial charge in [0.2, 0.25) is 23.4 Å². The Labute approximate surface area is 262 Å². The van der Waals surface area contributed by atoms with Crippen LogP contribution in [0.5, 0.6) is 11.5 Å². The summed E-state index contributed by atoms with van der Waals surface area (Å²) in [6.07, 6.45) is 2.06. The van der Waals surface area contributed by atoms with E-state index in [0.717, 1.165) is 18.7 Å². The number of hydrogen-bond acceptors (Lipinski definition) is 10. The zero-order valence-electron chi connectivity index (χ0n) is 27.1. The van der Waals surface area contributed by atoms with Crippen LogP contribution in [0.3, 0.4) is 0 Å². The molecule has 0 spiro atoms. The number of ether oxygens (including phenoxy) is 2. The monoisotopic (exact) mass is 635 g/mol. The van der Waals surface area contributed by atoms with Gasteiger partial charge in [-0.05, 0) is 40.3 Å². The van der Waals surface area contributed by atoms with Crippen molar-refractivity contribution >= 4 is 40.3 Å². The minimum absolute atomic E-state index is 0.127. The summed E-state index contributed by atoms with van der Waals surface area (Å²) in [6, 6.07) is 4.26. The van der Waals surface area contributed by atoms with Crippen LogP contribution >= 0.6 is 0 Å². The van der Waals surface area contributed by atoms with Gasteiger partial charge in [0.1, 0.15) is 17.1 Å². The molecule has 0 radical (unpaired) electrons. The number of halogens is 2. The number of carbonyl (C=O) groups excluding carboxylic acids is 2. The number of anilines is 4. The lowest BCUT2D eigenvalue weighted by atomic mass is 10.1. The van der Waals surface area contributed by atoms with E-state index in [2.05, 4.69) is 23.8 Å². The van der Waals surface area contributed by atoms with Crippen molar-refractivity contribution < 1.29 is 32.8 Å². The van der Waals surface area contributed by atoms with Crippen LogP contribution in [0, 0.1) is 21.7 Å². The van der Waals surface area contributed by atoms with Crippen molar-refractivity contribution in [1.82, 2.24) is 9.80 Å². The van der Waals surface area contributed by atoms with Crippen molar-refractivity contribution in [3.63, 3.8) is 0 Å². The molecule has 0 saturated carbocycles. The number of rotatable bonds is 15. The lowest BCUT2D eigenvalue weighted by molar-refractivity contribution is -0.388. The summed E-state index contributed by atoms with van der Waals surface area (Å²) in [5.41, 5.74) is -0.159. The zero-order chi connectivity index (χ0) is 34.4. The minimum Gasteiger partial charge on any atom is -0.497 e. The molecule has 0 aliphatic carbocycles. The van der Waals surface area contributed by atoms with Gasteiger partial charge in [0, 0.05) is 58.5 Å². The predicted octanol–water partition coefficient (Wildman–Crippen LogP) is 3.82. The number of amides is 2. The van der Waals surface area contributed by atoms with E-state index in [1.165, 1.54) is 26.4 Å². The van der Waals surface area contributed by atoms with Crippen LogP contribution in [0.15, 0.2) is 43.5 Å². The van der Waals surface area contributed by atoms with E-state index in [-0.39, 0.29) is 22.8 Å². The molecule has 0 bridgehead atoms. The third-order valence-electron chi connectivity index (χ3n) is 6.32. The van der Waals surface area contributed by atoms with Gasteiger partial charge in [-0.3, -0.25) is 19.7 Å². The van der Waals surface area contributed by atoms with Crippen LogP contribution in [0.1, 0.15) is 0 Å². The molecule has 2 aromatic carbocycles. The van der Waals surface area contributed by atoms with Crippen LogP contribution in [-0.2, 0) is 9.59 Å². The fourth-order valence-corrected chi connectivity index (χ4v) is 3.75. The number of benzene rings is 2. The Balaban J connectivity index is 0.000000454. The van der Waals surface area contributed by atoms with Gasteiger partial charge in [-0.2, -0.15) is 4.39 Å². The summed E-state index contributed by atoms with van der Waals surface area (Å²) in [6.45, 7) is 9.31. The molecule has 0 fully saturated rings. The third-order valence-corrected chi connectivity index (χ3v) is 6.32. The van der Waals surface area contributed by atoms with Gasteiger partial charge in [0.25, 0.3) is 0 Å². The van der Waals surface area contributed by atoms with Gasteiger partial charge in [0.15, 0.2) is 5.82 Å². The molecule has 2 N–H and O–H groups in total. The number of likely N-dealkylation sites (N-methyl/N-ethyl adjacent to an activating group) is 4. The summed E-state index contributed by atoms with van der Waals surface area (Å²) in [7, 11) is 13.9. The summed E-state index contributed by atoms with van der Waals surface area (Å²) < 4.78 is 38.9. The summed E-state index contributed by atoms with van der Waals surface area (Å²) >= 11 is 0. The van der Waals surface area contributed by atoms with Crippen molar-refractivity contribution in [3.05, 3.63) is 65.3 Å². The minimum atomic E-state index is -1.17. The first-order valence-corrected chi connectivity index (χ1v) is 13.6. The number of methoxy groups -OCH3 is 2. The second-order valence-corrected chi connectivity index (χ2v) is 10.2. The first kappa shape index (κ1) is 38.3. The molecule has 0 saturated heterocycles. The lowest BCUT2D eigenvalue weighted by Crippen LogP contribution is -2.29. The predicted molar refractivity (Wildman–Crippen MR) is 174 cm³/mol. The Morgan fingerprint density at radius 2 is 1.29 bits per heavy atom. The number of nitro groups is 1. The molecular weight excluding hydrogens is 592 g/mol. The molecule has 0 aliphatic rings. The van der Waals surface area contributed by atoms with E-state index in [0.29, 0.717) is 31.1 Å². The highest BCUT2D eigenvalue weighted by molar-refractivity contribution is 6.02. The van der Waals surface area contributed by atoms with Crippen LogP contribution in [0.25, 0.3) is 0 Å². The van der Waals surface area contributed by atoms with Crippen molar-refractivity contribution in [2.24, 2.45) is 0 Å². The van der Waals surface area contributed by atoms with Gasteiger partial charge in [-0.25, -0.2) is 4.39 Å². The molecule has 2 rings (SSSR count). The lowest BCUT2D eigenvalue weighted by Gasteiger charge is -2.25. The summed E-state index contributed by atoms with van der Waals surface area (Å²) in [5, 5.41) is 15.9. The Bertz CT molecular complexity index is 1370. The molecule has 13 nitrogen and oxygen atoms in total. The second kappa shape index (κ2) is 18.1. The zero-order valence-corrected chi connectivity index (χ0v) is 27.1. The van der Waals surface area contributed by atoms with E-state index in [9.17, 15) is 28.5 Å². The van der Waals surface area contributed by atoms with Gasteiger partial charge >= 0.3 is 5.69 Å². The van der Waals surface area contributed by atoms with E-state index in [1.807, 2.05) is 49.9 Å². The Morgan fingerprint density at radius 1 is 0.822 bits per heavy atom. The second-order valence-electron chi connectivity index (χ2n) is 10.2. The topological polar surface area (TPSA) is 133 Å². The average Bonchev–Trinajstić information content (AvgIpc) is 2.99. The first-order chi connectivity index (χ1) is 21.1. The average molecular weight is 636 g/mol. The third kappa shape index (κ3) is 11.4. The highest BCUT2D eigenvalue weighted by atomic mass is 19.1. The highest BCUT2D eigenvalue weighted by Gasteiger charge is 2.29. The molecule has 0 aliphatic heterocycles. The maximum absolute atomic E-state index is 14.7. The fraction of sp³-hybridized carbons (Fsp3) is 0.400. The van der Waals surface area contributed by atoms with E-state index in [1.54, 1.807) is 18.0 Å². The molecule has 45 heavy (non-hydrogen) atoms. The van der Waals surface area contributed by atoms with Crippen LogP contribution in [0.4, 0.5) is 37.2 Å². The fourth-order valence-electron chi connectivity index (χ4n) is 3.75. The van der Waals surface area contributed by atoms with Gasteiger partial charge in [0.05, 0.1) is 30.5 Å². The molecular formula is C30H43F2N7O6. The SMILES string of the molecule is C=CC(=O)Nc1c(F)cc(OC)cc1N(C)CCN(C)C.C=CC(=O)Nc1c(N(C)CCN(C)C)cc(OC)c([N+](=O)[O-])c1F. The maximum atomic E-state index is 14.7. The van der Waals surface area contributed by atoms with Crippen molar-refractivity contribution in [3.8, 4) is 11.5 Å². The van der Waals surface area contributed by atoms with Crippen LogP contribution in [-0.4, -0.2) is 109 Å². The van der Waals surface area contributed by atoms with E-state index in [4.69, 9.17) is 9.47 Å². The number of hydrogen-bond donors (Lipinski definition) is 2. The number of nitrogens with one attached hydrogen (secondary N) is 2. The van der Waals surface area contributed by atoms with Crippen molar-refractivity contribution in [2.45, 2.75) is 0 Å². The largest absolute Gasteiger partial charge is 0.497 e. The summed E-state index contributed by atoms with van der Waals surface area (Å²) in [5.74, 6) is -2.66. The Kier molecular flexibility index (Phi) is 15.4. The normalized spacial score (nSPS) is 10.4. The number of nitrogens with zero attached hydrogens (tertiary/aromatic N) is 5. The van der Waals surface area contributed by atoms with Crippen LogP contribution < -0.4 is 29.9 Å². The molecule has 2 amide bonds. The molecule has 0 aromatic heterocycles. The first-order valence-electron chi connectivity index (χ1n) is 13.6. The number of nitro benzene ring substituents is 1. The molecule has 248 valence electrons. The quantitative estimate of drug-likeness (QED) is 0.169. The van der Waals surface area contributed by atoms with Crippen molar-refractivity contribution in [1.29, 1.82) is 0 Å². The maximum Gasteiger partial charge on any atom is 0.348 e. The molecule has 15 heteroatoms. The highest BCUT2D eigenvalue weighted by Crippen LogP contribution is 2.41. The van der Waals surface area contributed by atoms with E-state index >= 15 is 0 Å². The molecule has 0 unspecified atom stereocenters. The van der Waals surface area contributed by atoms with Gasteiger partial charge in [-0.1, -0.05) is 13.2 Å². The summed E-state index contributed by atoms with van der Waals surface area (Å²) in [4.78, 5) is 40.8. The number of carbonyl (C=O) groups is 2.